The molecule has 1 aromatic carbocycles. The van der Waals surface area contributed by atoms with E-state index >= 15 is 0 Å². The fourth-order valence-corrected chi connectivity index (χ4v) is 1.61. The Bertz CT molecular complexity index is 320. The fraction of sp³-hybridized carbons (Fsp3) is 0.538. The quantitative estimate of drug-likeness (QED) is 0.675. The first kappa shape index (κ1) is 14.1. The number of nitrogens with one attached hydrogen (secondary N) is 1. The van der Waals surface area contributed by atoms with Gasteiger partial charge in [-0.05, 0) is 25.0 Å². The van der Waals surface area contributed by atoms with Crippen molar-refractivity contribution in [3.8, 4) is 0 Å². The Morgan fingerprint density at radius 2 is 2.12 bits per heavy atom. The molecule has 1 rings (SSSR count). The van der Waals surface area contributed by atoms with Gasteiger partial charge in [0.15, 0.2) is 0 Å². The van der Waals surface area contributed by atoms with E-state index < -0.39 is 0 Å². The molecular formula is C13H20FNO2. The molecule has 4 heteroatoms. The zero-order chi connectivity index (χ0) is 12.5. The third-order valence-corrected chi connectivity index (χ3v) is 2.46. The molecule has 0 saturated carbocycles. The summed E-state index contributed by atoms with van der Waals surface area (Å²) in [6.45, 7) is 3.68. The molecule has 0 saturated heterocycles. The van der Waals surface area contributed by atoms with E-state index in [1.807, 2.05) is 13.0 Å². The summed E-state index contributed by atoms with van der Waals surface area (Å²) in [5.41, 5.74) is 0.726. The predicted molar refractivity (Wildman–Crippen MR) is 65.5 cm³/mol. The summed E-state index contributed by atoms with van der Waals surface area (Å²) < 4.78 is 18.5. The van der Waals surface area contributed by atoms with Gasteiger partial charge in [-0.2, -0.15) is 0 Å². The zero-order valence-electron chi connectivity index (χ0n) is 10.2. The first-order chi connectivity index (χ1) is 8.24. The number of rotatable bonds is 8. The SMILES string of the molecule is CC(Cc1ccccc1F)NCCOCCO. The molecule has 0 aromatic heterocycles. The van der Waals surface area contributed by atoms with Crippen LogP contribution in [0.25, 0.3) is 0 Å². The molecular weight excluding hydrogens is 221 g/mol. The first-order valence-electron chi connectivity index (χ1n) is 5.89. The van der Waals surface area contributed by atoms with Crippen LogP contribution in [0.5, 0.6) is 0 Å². The van der Waals surface area contributed by atoms with Crippen LogP contribution in [0.2, 0.25) is 0 Å². The van der Waals surface area contributed by atoms with E-state index in [1.54, 1.807) is 12.1 Å². The Kier molecular flexibility index (Phi) is 6.77. The molecule has 96 valence electrons. The minimum Gasteiger partial charge on any atom is -0.394 e. The summed E-state index contributed by atoms with van der Waals surface area (Å²) in [6, 6.07) is 7.02. The van der Waals surface area contributed by atoms with E-state index in [0.717, 1.165) is 5.56 Å². The third kappa shape index (κ3) is 5.77. The Labute approximate surface area is 102 Å². The van der Waals surface area contributed by atoms with Gasteiger partial charge in [0, 0.05) is 12.6 Å². The summed E-state index contributed by atoms with van der Waals surface area (Å²) in [4.78, 5) is 0. The normalized spacial score (nSPS) is 12.6. The van der Waals surface area contributed by atoms with Gasteiger partial charge in [-0.15, -0.1) is 0 Å². The fourth-order valence-electron chi connectivity index (χ4n) is 1.61. The minimum atomic E-state index is -0.155. The molecule has 1 atom stereocenters. The Balaban J connectivity index is 2.21. The average Bonchev–Trinajstić information content (AvgIpc) is 2.32. The van der Waals surface area contributed by atoms with Crippen LogP contribution in [0.3, 0.4) is 0 Å². The second-order valence-electron chi connectivity index (χ2n) is 3.99. The largest absolute Gasteiger partial charge is 0.394 e. The van der Waals surface area contributed by atoms with Crippen molar-refractivity contribution < 1.29 is 14.2 Å². The van der Waals surface area contributed by atoms with Gasteiger partial charge in [-0.1, -0.05) is 18.2 Å². The van der Waals surface area contributed by atoms with Gasteiger partial charge in [0.2, 0.25) is 0 Å². The zero-order valence-corrected chi connectivity index (χ0v) is 10.2. The molecule has 3 nitrogen and oxygen atoms in total. The van der Waals surface area contributed by atoms with Crippen molar-refractivity contribution in [3.05, 3.63) is 35.6 Å². The van der Waals surface area contributed by atoms with E-state index in [-0.39, 0.29) is 18.5 Å². The van der Waals surface area contributed by atoms with Crippen LogP contribution in [-0.2, 0) is 11.2 Å². The Morgan fingerprint density at radius 1 is 1.35 bits per heavy atom. The number of halogens is 1. The predicted octanol–water partition coefficient (Wildman–Crippen LogP) is 1.36. The van der Waals surface area contributed by atoms with Crippen LogP contribution >= 0.6 is 0 Å². The van der Waals surface area contributed by atoms with Crippen LogP contribution in [-0.4, -0.2) is 37.5 Å². The lowest BCUT2D eigenvalue weighted by atomic mass is 10.1. The van der Waals surface area contributed by atoms with Crippen molar-refractivity contribution in [1.29, 1.82) is 0 Å². The van der Waals surface area contributed by atoms with Crippen LogP contribution in [0.15, 0.2) is 24.3 Å². The maximum atomic E-state index is 13.4. The van der Waals surface area contributed by atoms with E-state index in [2.05, 4.69) is 5.32 Å². The van der Waals surface area contributed by atoms with Crippen molar-refractivity contribution in [3.63, 3.8) is 0 Å². The summed E-state index contributed by atoms with van der Waals surface area (Å²) in [5, 5.41) is 11.8. The average molecular weight is 241 g/mol. The summed E-state index contributed by atoms with van der Waals surface area (Å²) >= 11 is 0. The third-order valence-electron chi connectivity index (χ3n) is 2.46. The van der Waals surface area contributed by atoms with Crippen LogP contribution in [0.1, 0.15) is 12.5 Å². The summed E-state index contributed by atoms with van der Waals surface area (Å²) in [5.74, 6) is -0.155. The standard InChI is InChI=1S/C13H20FNO2/c1-11(15-6-8-17-9-7-16)10-12-4-2-3-5-13(12)14/h2-5,11,15-16H,6-10H2,1H3. The molecule has 1 unspecified atom stereocenters. The molecule has 0 amide bonds. The van der Waals surface area contributed by atoms with Crippen molar-refractivity contribution in [2.45, 2.75) is 19.4 Å². The maximum absolute atomic E-state index is 13.4. The second kappa shape index (κ2) is 8.17. The van der Waals surface area contributed by atoms with Gasteiger partial charge in [0.1, 0.15) is 5.82 Å². The minimum absolute atomic E-state index is 0.0464. The van der Waals surface area contributed by atoms with Gasteiger partial charge in [-0.3, -0.25) is 0 Å². The second-order valence-corrected chi connectivity index (χ2v) is 3.99. The van der Waals surface area contributed by atoms with Crippen molar-refractivity contribution in [1.82, 2.24) is 5.32 Å². The molecule has 0 radical (unpaired) electrons. The van der Waals surface area contributed by atoms with E-state index in [4.69, 9.17) is 9.84 Å². The van der Waals surface area contributed by atoms with Crippen LogP contribution < -0.4 is 5.32 Å². The number of aliphatic hydroxyl groups excluding tert-OH is 1. The molecule has 17 heavy (non-hydrogen) atoms. The van der Waals surface area contributed by atoms with Gasteiger partial charge in [0.05, 0.1) is 19.8 Å². The lowest BCUT2D eigenvalue weighted by Gasteiger charge is -2.14. The Hall–Kier alpha value is -0.970. The van der Waals surface area contributed by atoms with Crippen LogP contribution in [0, 0.1) is 5.82 Å². The van der Waals surface area contributed by atoms with E-state index in [1.165, 1.54) is 6.07 Å². The van der Waals surface area contributed by atoms with Gasteiger partial charge < -0.3 is 15.2 Å². The topological polar surface area (TPSA) is 41.5 Å². The van der Waals surface area contributed by atoms with Crippen molar-refractivity contribution >= 4 is 0 Å². The molecule has 1 aromatic rings. The van der Waals surface area contributed by atoms with Gasteiger partial charge in [-0.25, -0.2) is 4.39 Å². The molecule has 0 aliphatic rings. The molecule has 0 heterocycles. The molecule has 0 bridgehead atoms. The number of hydrogen-bond donors (Lipinski definition) is 2. The van der Waals surface area contributed by atoms with Crippen molar-refractivity contribution in [2.24, 2.45) is 0 Å². The monoisotopic (exact) mass is 241 g/mol. The lowest BCUT2D eigenvalue weighted by Crippen LogP contribution is -2.31. The van der Waals surface area contributed by atoms with Crippen LogP contribution in [0.4, 0.5) is 4.39 Å². The molecule has 0 aliphatic carbocycles. The highest BCUT2D eigenvalue weighted by Gasteiger charge is 2.06. The number of aliphatic hydroxyl groups is 1. The van der Waals surface area contributed by atoms with Crippen molar-refractivity contribution in [2.75, 3.05) is 26.4 Å². The van der Waals surface area contributed by atoms with E-state index in [0.29, 0.717) is 26.2 Å². The summed E-state index contributed by atoms with van der Waals surface area (Å²) in [7, 11) is 0. The smallest absolute Gasteiger partial charge is 0.126 e. The van der Waals surface area contributed by atoms with E-state index in [9.17, 15) is 4.39 Å². The first-order valence-corrected chi connectivity index (χ1v) is 5.89. The highest BCUT2D eigenvalue weighted by Crippen LogP contribution is 2.08. The molecule has 0 fully saturated rings. The number of benzene rings is 1. The highest BCUT2D eigenvalue weighted by molar-refractivity contribution is 5.18. The summed E-state index contributed by atoms with van der Waals surface area (Å²) in [6.07, 6.45) is 0.659. The molecule has 0 aliphatic heterocycles. The van der Waals surface area contributed by atoms with Gasteiger partial charge >= 0.3 is 0 Å². The highest BCUT2D eigenvalue weighted by atomic mass is 19.1. The molecule has 0 spiro atoms. The number of ether oxygens (including phenoxy) is 1. The maximum Gasteiger partial charge on any atom is 0.126 e. The molecule has 2 N–H and O–H groups in total. The number of hydrogen-bond acceptors (Lipinski definition) is 3. The lowest BCUT2D eigenvalue weighted by molar-refractivity contribution is 0.0928. The van der Waals surface area contributed by atoms with Gasteiger partial charge in [0.25, 0.3) is 0 Å². The Morgan fingerprint density at radius 3 is 2.82 bits per heavy atom.